The van der Waals surface area contributed by atoms with E-state index in [2.05, 4.69) is 20.9 Å². The first-order valence-corrected chi connectivity index (χ1v) is 7.42. The van der Waals surface area contributed by atoms with E-state index in [0.717, 1.165) is 21.4 Å². The number of aryl methyl sites for hydroxylation is 2. The SMILES string of the molecule is Cc1cc(Br)cc(-n2cc(C)nc2SCC(=O)O)c1. The number of hydrogen-bond donors (Lipinski definition) is 1. The van der Waals surface area contributed by atoms with Crippen LogP contribution in [0.5, 0.6) is 0 Å². The van der Waals surface area contributed by atoms with Crippen LogP contribution in [0.3, 0.4) is 0 Å². The first-order valence-electron chi connectivity index (χ1n) is 5.64. The summed E-state index contributed by atoms with van der Waals surface area (Å²) in [6.07, 6.45) is 1.91. The molecule has 100 valence electrons. The van der Waals surface area contributed by atoms with E-state index < -0.39 is 5.97 Å². The number of rotatable bonds is 4. The van der Waals surface area contributed by atoms with Gasteiger partial charge in [0.15, 0.2) is 5.16 Å². The lowest BCUT2D eigenvalue weighted by atomic mass is 10.2. The first kappa shape index (κ1) is 14.1. The molecule has 1 aromatic heterocycles. The van der Waals surface area contributed by atoms with E-state index >= 15 is 0 Å². The van der Waals surface area contributed by atoms with Crippen molar-refractivity contribution >= 4 is 33.7 Å². The highest BCUT2D eigenvalue weighted by Crippen LogP contribution is 2.25. The smallest absolute Gasteiger partial charge is 0.313 e. The van der Waals surface area contributed by atoms with Crippen molar-refractivity contribution in [3.8, 4) is 5.69 Å². The second-order valence-electron chi connectivity index (χ2n) is 4.20. The van der Waals surface area contributed by atoms with E-state index in [4.69, 9.17) is 5.11 Å². The fraction of sp³-hybridized carbons (Fsp3) is 0.231. The standard InChI is InChI=1S/C13H13BrN2O2S/c1-8-3-10(14)5-11(4-8)16-6-9(2)15-13(16)19-7-12(17)18/h3-6H,7H2,1-2H3,(H,17,18). The largest absolute Gasteiger partial charge is 0.481 e. The number of hydrogen-bond acceptors (Lipinski definition) is 3. The molecule has 2 rings (SSSR count). The molecule has 0 radical (unpaired) electrons. The molecule has 0 spiro atoms. The Balaban J connectivity index is 2.40. The number of carboxylic acid groups (broad SMARTS) is 1. The van der Waals surface area contributed by atoms with Gasteiger partial charge in [-0.2, -0.15) is 0 Å². The van der Waals surface area contributed by atoms with Gasteiger partial charge in [-0.1, -0.05) is 27.7 Å². The fourth-order valence-electron chi connectivity index (χ4n) is 1.74. The predicted octanol–water partition coefficient (Wildman–Crippen LogP) is 3.43. The summed E-state index contributed by atoms with van der Waals surface area (Å²) in [4.78, 5) is 15.0. The topological polar surface area (TPSA) is 55.1 Å². The molecule has 0 aliphatic heterocycles. The summed E-state index contributed by atoms with van der Waals surface area (Å²) in [5.74, 6) is -0.841. The monoisotopic (exact) mass is 340 g/mol. The summed E-state index contributed by atoms with van der Waals surface area (Å²) in [6.45, 7) is 3.91. The third-order valence-electron chi connectivity index (χ3n) is 2.42. The van der Waals surface area contributed by atoms with Crippen molar-refractivity contribution in [3.63, 3.8) is 0 Å². The highest BCUT2D eigenvalue weighted by Gasteiger charge is 2.11. The zero-order valence-corrected chi connectivity index (χ0v) is 13.0. The van der Waals surface area contributed by atoms with Crippen LogP contribution in [0.25, 0.3) is 5.69 Å². The van der Waals surface area contributed by atoms with Crippen LogP contribution in [0.2, 0.25) is 0 Å². The van der Waals surface area contributed by atoms with Crippen molar-refractivity contribution in [2.24, 2.45) is 0 Å². The Hall–Kier alpha value is -1.27. The maximum Gasteiger partial charge on any atom is 0.313 e. The van der Waals surface area contributed by atoms with Gasteiger partial charge in [0.1, 0.15) is 0 Å². The van der Waals surface area contributed by atoms with E-state index in [-0.39, 0.29) is 5.75 Å². The molecule has 1 heterocycles. The molecule has 0 bridgehead atoms. The van der Waals surface area contributed by atoms with Crippen molar-refractivity contribution in [1.29, 1.82) is 0 Å². The summed E-state index contributed by atoms with van der Waals surface area (Å²) in [6, 6.07) is 6.05. The summed E-state index contributed by atoms with van der Waals surface area (Å²) >= 11 is 4.69. The van der Waals surface area contributed by atoms with Crippen molar-refractivity contribution in [3.05, 3.63) is 40.1 Å². The Kier molecular flexibility index (Phi) is 4.31. The lowest BCUT2D eigenvalue weighted by Crippen LogP contribution is -2.01. The summed E-state index contributed by atoms with van der Waals surface area (Å²) < 4.78 is 2.91. The van der Waals surface area contributed by atoms with Crippen molar-refractivity contribution < 1.29 is 9.90 Å². The van der Waals surface area contributed by atoms with E-state index in [1.807, 2.05) is 42.8 Å². The van der Waals surface area contributed by atoms with E-state index in [1.165, 1.54) is 11.8 Å². The Morgan fingerprint density at radius 3 is 2.79 bits per heavy atom. The molecular weight excluding hydrogens is 328 g/mol. The number of nitrogens with zero attached hydrogens (tertiary/aromatic N) is 2. The highest BCUT2D eigenvalue weighted by atomic mass is 79.9. The molecule has 19 heavy (non-hydrogen) atoms. The maximum absolute atomic E-state index is 10.7. The minimum Gasteiger partial charge on any atom is -0.481 e. The van der Waals surface area contributed by atoms with Crippen LogP contribution >= 0.6 is 27.7 Å². The number of aliphatic carboxylic acids is 1. The number of imidazole rings is 1. The van der Waals surface area contributed by atoms with Gasteiger partial charge in [-0.25, -0.2) is 4.98 Å². The quantitative estimate of drug-likeness (QED) is 0.866. The third kappa shape index (κ3) is 3.61. The molecule has 2 aromatic rings. The number of aromatic nitrogens is 2. The number of carboxylic acids is 1. The maximum atomic E-state index is 10.7. The molecule has 0 saturated heterocycles. The molecule has 6 heteroatoms. The molecule has 4 nitrogen and oxygen atoms in total. The minimum atomic E-state index is -0.845. The Bertz CT molecular complexity index is 605. The van der Waals surface area contributed by atoms with Crippen LogP contribution < -0.4 is 0 Å². The van der Waals surface area contributed by atoms with Crippen LogP contribution in [0, 0.1) is 13.8 Å². The lowest BCUT2D eigenvalue weighted by Gasteiger charge is -2.08. The van der Waals surface area contributed by atoms with Gasteiger partial charge >= 0.3 is 5.97 Å². The molecule has 0 unspecified atom stereocenters. The van der Waals surface area contributed by atoms with Gasteiger partial charge in [0, 0.05) is 16.4 Å². The molecule has 0 amide bonds. The Morgan fingerprint density at radius 2 is 2.16 bits per heavy atom. The van der Waals surface area contributed by atoms with E-state index in [0.29, 0.717) is 5.16 Å². The third-order valence-corrected chi connectivity index (χ3v) is 3.82. The van der Waals surface area contributed by atoms with Gasteiger partial charge in [0.2, 0.25) is 0 Å². The van der Waals surface area contributed by atoms with Crippen LogP contribution in [-0.2, 0) is 4.79 Å². The van der Waals surface area contributed by atoms with Crippen molar-refractivity contribution in [2.75, 3.05) is 5.75 Å². The normalized spacial score (nSPS) is 10.7. The molecule has 1 N–H and O–H groups in total. The van der Waals surface area contributed by atoms with E-state index in [1.54, 1.807) is 0 Å². The molecule has 0 saturated carbocycles. The molecule has 0 atom stereocenters. The van der Waals surface area contributed by atoms with Crippen LogP contribution in [0.15, 0.2) is 34.0 Å². The van der Waals surface area contributed by atoms with Crippen molar-refractivity contribution in [2.45, 2.75) is 19.0 Å². The second-order valence-corrected chi connectivity index (χ2v) is 6.06. The summed E-state index contributed by atoms with van der Waals surface area (Å²) in [7, 11) is 0. The molecule has 0 fully saturated rings. The van der Waals surface area contributed by atoms with Gasteiger partial charge in [-0.15, -0.1) is 0 Å². The summed E-state index contributed by atoms with van der Waals surface area (Å²) in [5.41, 5.74) is 2.97. The molecule has 1 aromatic carbocycles. The number of thioether (sulfide) groups is 1. The van der Waals surface area contributed by atoms with Gasteiger partial charge in [-0.3, -0.25) is 9.36 Å². The fourth-order valence-corrected chi connectivity index (χ4v) is 3.10. The zero-order valence-electron chi connectivity index (χ0n) is 10.6. The Morgan fingerprint density at radius 1 is 1.42 bits per heavy atom. The van der Waals surface area contributed by atoms with Crippen LogP contribution in [0.1, 0.15) is 11.3 Å². The second kappa shape index (κ2) is 5.79. The average molecular weight is 341 g/mol. The Labute approximate surface area is 124 Å². The van der Waals surface area contributed by atoms with Crippen molar-refractivity contribution in [1.82, 2.24) is 9.55 Å². The predicted molar refractivity (Wildman–Crippen MR) is 79.1 cm³/mol. The van der Waals surface area contributed by atoms with Gasteiger partial charge in [-0.05, 0) is 37.6 Å². The molecule has 0 aliphatic carbocycles. The van der Waals surface area contributed by atoms with Gasteiger partial charge in [0.05, 0.1) is 11.4 Å². The molecular formula is C13H13BrN2O2S. The minimum absolute atomic E-state index is 0.00341. The van der Waals surface area contributed by atoms with Crippen LogP contribution in [0.4, 0.5) is 0 Å². The first-order chi connectivity index (χ1) is 8.95. The average Bonchev–Trinajstić information content (AvgIpc) is 2.66. The molecule has 0 aliphatic rings. The number of carbonyl (C=O) groups is 1. The van der Waals surface area contributed by atoms with E-state index in [9.17, 15) is 4.79 Å². The highest BCUT2D eigenvalue weighted by molar-refractivity contribution is 9.10. The van der Waals surface area contributed by atoms with Gasteiger partial charge < -0.3 is 5.11 Å². The number of halogens is 1. The summed E-state index contributed by atoms with van der Waals surface area (Å²) in [5, 5.41) is 9.46. The van der Waals surface area contributed by atoms with Crippen LogP contribution in [-0.4, -0.2) is 26.4 Å². The zero-order chi connectivity index (χ0) is 14.0. The lowest BCUT2D eigenvalue weighted by molar-refractivity contribution is -0.133. The number of benzene rings is 1. The van der Waals surface area contributed by atoms with Gasteiger partial charge in [0.25, 0.3) is 0 Å².